The van der Waals surface area contributed by atoms with Gasteiger partial charge in [0.15, 0.2) is 0 Å². The third-order valence-electron chi connectivity index (χ3n) is 6.43. The van der Waals surface area contributed by atoms with Crippen molar-refractivity contribution in [1.29, 1.82) is 0 Å². The third-order valence-corrected chi connectivity index (χ3v) is 6.43. The van der Waals surface area contributed by atoms with Gasteiger partial charge in [0.25, 0.3) is 0 Å². The Labute approximate surface area is 172 Å². The van der Waals surface area contributed by atoms with Crippen molar-refractivity contribution < 1.29 is 24.9 Å². The SMILES string of the molecule is C=CCC[C@](C)(O)C/C=C/[C@@H]1[C@H]2CCc3ccc(C(=O)O)c(C)c3O[C@H]2C[C@H]1O. The Morgan fingerprint density at radius 1 is 1.41 bits per heavy atom. The number of allylic oxidation sites excluding steroid dienone is 1. The van der Waals surface area contributed by atoms with Crippen LogP contribution in [0.4, 0.5) is 0 Å². The molecule has 0 bridgehead atoms. The first-order chi connectivity index (χ1) is 13.7. The number of hydrogen-bond acceptors (Lipinski definition) is 4. The largest absolute Gasteiger partial charge is 0.489 e. The van der Waals surface area contributed by atoms with Gasteiger partial charge in [0.05, 0.1) is 17.3 Å². The van der Waals surface area contributed by atoms with E-state index in [0.29, 0.717) is 30.6 Å². The summed E-state index contributed by atoms with van der Waals surface area (Å²) in [5.74, 6) is -0.143. The number of aliphatic hydroxyl groups is 2. The summed E-state index contributed by atoms with van der Waals surface area (Å²) in [5.41, 5.74) is 1.17. The molecule has 2 aliphatic rings. The van der Waals surface area contributed by atoms with Crippen molar-refractivity contribution in [2.24, 2.45) is 11.8 Å². The van der Waals surface area contributed by atoms with E-state index >= 15 is 0 Å². The molecule has 1 aromatic carbocycles. The Bertz CT molecular complexity index is 795. The zero-order chi connectivity index (χ0) is 21.2. The molecular formula is C24H32O5. The van der Waals surface area contributed by atoms with Crippen molar-refractivity contribution in [2.75, 3.05) is 0 Å². The standard InChI is InChI=1S/C24H32O5/c1-4-5-12-24(3,28)13-6-7-18-19-11-9-16-8-10-17(23(26)27)15(2)22(16)29-21(19)14-20(18)25/h4,6-8,10,18-21,25,28H,1,5,9,11-14H2,2-3H3,(H,26,27)/b7-6+/t18-,19-,20-,21+,24+/m1/s1. The van der Waals surface area contributed by atoms with Crippen molar-refractivity contribution >= 4 is 5.97 Å². The molecule has 0 spiro atoms. The van der Waals surface area contributed by atoms with Crippen molar-refractivity contribution in [3.05, 3.63) is 53.6 Å². The Morgan fingerprint density at radius 2 is 2.17 bits per heavy atom. The fourth-order valence-electron chi connectivity index (χ4n) is 4.70. The highest BCUT2D eigenvalue weighted by Gasteiger charge is 2.44. The summed E-state index contributed by atoms with van der Waals surface area (Å²) in [5, 5.41) is 30.5. The molecule has 5 nitrogen and oxygen atoms in total. The lowest BCUT2D eigenvalue weighted by molar-refractivity contribution is 0.0546. The summed E-state index contributed by atoms with van der Waals surface area (Å²) in [6, 6.07) is 3.50. The third kappa shape index (κ3) is 4.73. The molecule has 0 saturated heterocycles. The number of fused-ring (bicyclic) bond motifs is 2. The van der Waals surface area contributed by atoms with E-state index < -0.39 is 17.7 Å². The zero-order valence-corrected chi connectivity index (χ0v) is 17.3. The summed E-state index contributed by atoms with van der Waals surface area (Å²) in [6.07, 6.45) is 9.35. The van der Waals surface area contributed by atoms with Gasteiger partial charge in [-0.2, -0.15) is 0 Å². The Hall–Kier alpha value is -2.11. The average molecular weight is 401 g/mol. The van der Waals surface area contributed by atoms with Crippen LogP contribution in [0.5, 0.6) is 5.75 Å². The number of aryl methyl sites for hydroxylation is 1. The van der Waals surface area contributed by atoms with E-state index in [1.165, 1.54) is 0 Å². The first kappa shape index (κ1) is 21.6. The summed E-state index contributed by atoms with van der Waals surface area (Å²) in [4.78, 5) is 11.5. The molecule has 1 fully saturated rings. The number of aliphatic hydroxyl groups excluding tert-OH is 1. The molecule has 5 heteroatoms. The minimum absolute atomic E-state index is 0.0243. The second-order valence-corrected chi connectivity index (χ2v) is 8.73. The second-order valence-electron chi connectivity index (χ2n) is 8.73. The van der Waals surface area contributed by atoms with Crippen LogP contribution in [0.2, 0.25) is 0 Å². The fourth-order valence-corrected chi connectivity index (χ4v) is 4.70. The number of hydrogen-bond donors (Lipinski definition) is 3. The van der Waals surface area contributed by atoms with Crippen LogP contribution in [0.15, 0.2) is 36.9 Å². The predicted octanol–water partition coefficient (Wildman–Crippen LogP) is 4.05. The van der Waals surface area contributed by atoms with Crippen LogP contribution in [0.3, 0.4) is 0 Å². The maximum atomic E-state index is 11.5. The lowest BCUT2D eigenvalue weighted by Crippen LogP contribution is -2.25. The smallest absolute Gasteiger partial charge is 0.336 e. The summed E-state index contributed by atoms with van der Waals surface area (Å²) < 4.78 is 6.29. The number of benzene rings is 1. The molecule has 0 amide bonds. The lowest BCUT2D eigenvalue weighted by atomic mass is 9.87. The van der Waals surface area contributed by atoms with Gasteiger partial charge in [0.2, 0.25) is 0 Å². The van der Waals surface area contributed by atoms with Gasteiger partial charge in [-0.3, -0.25) is 0 Å². The molecule has 1 aromatic rings. The Morgan fingerprint density at radius 3 is 2.86 bits per heavy atom. The van der Waals surface area contributed by atoms with Crippen LogP contribution in [-0.4, -0.2) is 39.1 Å². The van der Waals surface area contributed by atoms with Crippen LogP contribution in [-0.2, 0) is 6.42 Å². The number of ether oxygens (including phenoxy) is 1. The topological polar surface area (TPSA) is 87.0 Å². The number of rotatable bonds is 7. The number of aromatic carboxylic acids is 1. The fraction of sp³-hybridized carbons (Fsp3) is 0.542. The highest BCUT2D eigenvalue weighted by atomic mass is 16.5. The minimum Gasteiger partial charge on any atom is -0.489 e. The maximum Gasteiger partial charge on any atom is 0.336 e. The van der Waals surface area contributed by atoms with Crippen LogP contribution in [0.25, 0.3) is 0 Å². The first-order valence-corrected chi connectivity index (χ1v) is 10.4. The van der Waals surface area contributed by atoms with Gasteiger partial charge in [-0.15, -0.1) is 6.58 Å². The average Bonchev–Trinajstić information content (AvgIpc) is 2.83. The van der Waals surface area contributed by atoms with Crippen LogP contribution in [0, 0.1) is 18.8 Å². The molecule has 1 aliphatic carbocycles. The molecule has 1 saturated carbocycles. The highest BCUT2D eigenvalue weighted by Crippen LogP contribution is 2.44. The molecule has 0 aromatic heterocycles. The summed E-state index contributed by atoms with van der Waals surface area (Å²) >= 11 is 0. The monoisotopic (exact) mass is 400 g/mol. The zero-order valence-electron chi connectivity index (χ0n) is 17.3. The minimum atomic E-state index is -0.953. The van der Waals surface area contributed by atoms with Crippen LogP contribution < -0.4 is 4.74 Å². The molecule has 3 N–H and O–H groups in total. The van der Waals surface area contributed by atoms with E-state index in [1.54, 1.807) is 13.0 Å². The van der Waals surface area contributed by atoms with Gasteiger partial charge in [0.1, 0.15) is 11.9 Å². The van der Waals surface area contributed by atoms with E-state index in [4.69, 9.17) is 4.74 Å². The van der Waals surface area contributed by atoms with Gasteiger partial charge in [-0.1, -0.05) is 24.3 Å². The Balaban J connectivity index is 1.74. The molecule has 29 heavy (non-hydrogen) atoms. The molecule has 3 rings (SSSR count). The first-order valence-electron chi connectivity index (χ1n) is 10.4. The van der Waals surface area contributed by atoms with Gasteiger partial charge in [0, 0.05) is 23.8 Å². The molecule has 5 atom stereocenters. The van der Waals surface area contributed by atoms with Crippen molar-refractivity contribution in [3.8, 4) is 5.75 Å². The summed E-state index contributed by atoms with van der Waals surface area (Å²) in [7, 11) is 0. The van der Waals surface area contributed by atoms with Crippen molar-refractivity contribution in [2.45, 2.75) is 70.2 Å². The van der Waals surface area contributed by atoms with Crippen molar-refractivity contribution in [1.82, 2.24) is 0 Å². The predicted molar refractivity (Wildman–Crippen MR) is 112 cm³/mol. The molecular weight excluding hydrogens is 368 g/mol. The van der Waals surface area contributed by atoms with E-state index in [-0.39, 0.29) is 23.5 Å². The Kier molecular flexibility index (Phi) is 6.49. The highest BCUT2D eigenvalue weighted by molar-refractivity contribution is 5.90. The quantitative estimate of drug-likeness (QED) is 0.601. The second kappa shape index (κ2) is 8.72. The molecule has 1 aliphatic heterocycles. The van der Waals surface area contributed by atoms with Gasteiger partial charge >= 0.3 is 5.97 Å². The van der Waals surface area contributed by atoms with E-state index in [1.807, 2.05) is 31.2 Å². The van der Waals surface area contributed by atoms with Crippen LogP contribution >= 0.6 is 0 Å². The van der Waals surface area contributed by atoms with Crippen molar-refractivity contribution in [3.63, 3.8) is 0 Å². The maximum absolute atomic E-state index is 11.5. The van der Waals surface area contributed by atoms with E-state index in [2.05, 4.69) is 6.58 Å². The lowest BCUT2D eigenvalue weighted by Gasteiger charge is -2.23. The van der Waals surface area contributed by atoms with Gasteiger partial charge in [-0.05, 0) is 57.6 Å². The number of carbonyl (C=O) groups is 1. The summed E-state index contributed by atoms with van der Waals surface area (Å²) in [6.45, 7) is 7.31. The van der Waals surface area contributed by atoms with E-state index in [0.717, 1.165) is 24.8 Å². The van der Waals surface area contributed by atoms with Gasteiger partial charge in [-0.25, -0.2) is 4.79 Å². The van der Waals surface area contributed by atoms with Gasteiger partial charge < -0.3 is 20.1 Å². The molecule has 1 heterocycles. The molecule has 0 radical (unpaired) electrons. The van der Waals surface area contributed by atoms with Crippen LogP contribution in [0.1, 0.15) is 60.5 Å². The number of carboxylic acid groups (broad SMARTS) is 1. The molecule has 0 unspecified atom stereocenters. The van der Waals surface area contributed by atoms with E-state index in [9.17, 15) is 20.1 Å². The normalized spacial score (nSPS) is 28.1. The number of carboxylic acids is 1. The molecule has 158 valence electrons.